The van der Waals surface area contributed by atoms with E-state index < -0.39 is 0 Å². The maximum atomic E-state index is 11.7. The summed E-state index contributed by atoms with van der Waals surface area (Å²) in [5.41, 5.74) is 2.20. The second-order valence-electron chi connectivity index (χ2n) is 5.43. The van der Waals surface area contributed by atoms with Crippen molar-refractivity contribution in [3.8, 4) is 5.75 Å². The number of esters is 1. The van der Waals surface area contributed by atoms with E-state index in [0.29, 0.717) is 12.2 Å². The lowest BCUT2D eigenvalue weighted by Crippen LogP contribution is -2.03. The third-order valence-electron chi connectivity index (χ3n) is 3.87. The molecule has 3 rings (SSSR count). The van der Waals surface area contributed by atoms with E-state index in [0.717, 1.165) is 27.8 Å². The Labute approximate surface area is 146 Å². The zero-order chi connectivity index (χ0) is 17.6. The SMILES string of the molecule is CCOC(=O)c1ccc(N=Cc2c(OC)ccc3ccccc23)cc1. The molecule has 0 heterocycles. The van der Waals surface area contributed by atoms with Crippen LogP contribution in [0.5, 0.6) is 5.75 Å². The summed E-state index contributed by atoms with van der Waals surface area (Å²) in [5.74, 6) is 0.444. The number of carbonyl (C=O) groups excluding carboxylic acids is 1. The molecule has 0 spiro atoms. The van der Waals surface area contributed by atoms with Crippen LogP contribution in [0.15, 0.2) is 65.7 Å². The molecular formula is C21H19NO3. The maximum absolute atomic E-state index is 11.7. The topological polar surface area (TPSA) is 47.9 Å². The van der Waals surface area contributed by atoms with Gasteiger partial charge in [0.05, 0.1) is 25.0 Å². The second-order valence-corrected chi connectivity index (χ2v) is 5.43. The Kier molecular flexibility index (Phi) is 5.09. The van der Waals surface area contributed by atoms with E-state index in [4.69, 9.17) is 9.47 Å². The lowest BCUT2D eigenvalue weighted by molar-refractivity contribution is 0.0526. The molecule has 0 saturated heterocycles. The summed E-state index contributed by atoms with van der Waals surface area (Å²) in [6.07, 6.45) is 1.79. The highest BCUT2D eigenvalue weighted by atomic mass is 16.5. The number of aliphatic imine (C=N–C) groups is 1. The molecule has 25 heavy (non-hydrogen) atoms. The molecule has 0 fully saturated rings. The van der Waals surface area contributed by atoms with Crippen molar-refractivity contribution in [2.45, 2.75) is 6.92 Å². The summed E-state index contributed by atoms with van der Waals surface area (Å²) in [7, 11) is 1.65. The molecule has 126 valence electrons. The average Bonchev–Trinajstić information content (AvgIpc) is 2.66. The van der Waals surface area contributed by atoms with E-state index in [1.807, 2.05) is 30.3 Å². The van der Waals surface area contributed by atoms with Crippen LogP contribution in [0.2, 0.25) is 0 Å². The minimum Gasteiger partial charge on any atom is -0.496 e. The summed E-state index contributed by atoms with van der Waals surface area (Å²) in [5, 5.41) is 2.20. The van der Waals surface area contributed by atoms with E-state index >= 15 is 0 Å². The largest absolute Gasteiger partial charge is 0.496 e. The first kappa shape index (κ1) is 16.7. The van der Waals surface area contributed by atoms with Gasteiger partial charge in [0.15, 0.2) is 0 Å². The molecule has 0 unspecified atom stereocenters. The monoisotopic (exact) mass is 333 g/mol. The van der Waals surface area contributed by atoms with E-state index in [1.54, 1.807) is 44.5 Å². The number of benzene rings is 3. The maximum Gasteiger partial charge on any atom is 0.338 e. The summed E-state index contributed by atoms with van der Waals surface area (Å²) in [4.78, 5) is 16.2. The molecule has 0 radical (unpaired) electrons. The van der Waals surface area contributed by atoms with E-state index in [-0.39, 0.29) is 5.97 Å². The molecule has 0 aliphatic heterocycles. The molecule has 0 amide bonds. The van der Waals surface area contributed by atoms with E-state index in [9.17, 15) is 4.79 Å². The minimum absolute atomic E-state index is 0.325. The predicted octanol–water partition coefficient (Wildman–Crippen LogP) is 4.78. The van der Waals surface area contributed by atoms with Crippen LogP contribution in [0, 0.1) is 0 Å². The molecule has 0 aromatic heterocycles. The number of hydrogen-bond acceptors (Lipinski definition) is 4. The number of fused-ring (bicyclic) bond motifs is 1. The van der Waals surface area contributed by atoms with Crippen molar-refractivity contribution in [2.24, 2.45) is 4.99 Å². The Morgan fingerprint density at radius 2 is 1.80 bits per heavy atom. The van der Waals surface area contributed by atoms with Crippen LogP contribution in [-0.4, -0.2) is 25.9 Å². The van der Waals surface area contributed by atoms with Crippen molar-refractivity contribution >= 4 is 28.6 Å². The predicted molar refractivity (Wildman–Crippen MR) is 100 cm³/mol. The summed E-state index contributed by atoms with van der Waals surface area (Å²) >= 11 is 0. The van der Waals surface area contributed by atoms with Gasteiger partial charge in [-0.15, -0.1) is 0 Å². The quantitative estimate of drug-likeness (QED) is 0.499. The van der Waals surface area contributed by atoms with Crippen LogP contribution in [0.3, 0.4) is 0 Å². The number of methoxy groups -OCH3 is 1. The smallest absolute Gasteiger partial charge is 0.338 e. The average molecular weight is 333 g/mol. The van der Waals surface area contributed by atoms with Gasteiger partial charge < -0.3 is 9.47 Å². The van der Waals surface area contributed by atoms with Crippen molar-refractivity contribution in [2.75, 3.05) is 13.7 Å². The van der Waals surface area contributed by atoms with Crippen LogP contribution in [-0.2, 0) is 4.74 Å². The number of rotatable bonds is 5. The molecule has 0 aliphatic carbocycles. The van der Waals surface area contributed by atoms with Gasteiger partial charge in [-0.2, -0.15) is 0 Å². The van der Waals surface area contributed by atoms with Crippen molar-refractivity contribution in [1.82, 2.24) is 0 Å². The third kappa shape index (κ3) is 3.69. The van der Waals surface area contributed by atoms with Gasteiger partial charge in [0.25, 0.3) is 0 Å². The molecule has 0 saturated carbocycles. The fourth-order valence-corrected chi connectivity index (χ4v) is 2.62. The van der Waals surface area contributed by atoms with Crippen molar-refractivity contribution in [1.29, 1.82) is 0 Å². The third-order valence-corrected chi connectivity index (χ3v) is 3.87. The summed E-state index contributed by atoms with van der Waals surface area (Å²) in [6.45, 7) is 2.15. The summed E-state index contributed by atoms with van der Waals surface area (Å²) < 4.78 is 10.4. The van der Waals surface area contributed by atoms with Crippen LogP contribution < -0.4 is 4.74 Å². The highest BCUT2D eigenvalue weighted by molar-refractivity contribution is 6.03. The molecule has 0 bridgehead atoms. The fourth-order valence-electron chi connectivity index (χ4n) is 2.62. The molecule has 4 nitrogen and oxygen atoms in total. The van der Waals surface area contributed by atoms with E-state index in [2.05, 4.69) is 11.1 Å². The summed E-state index contributed by atoms with van der Waals surface area (Å²) in [6, 6.07) is 19.1. The highest BCUT2D eigenvalue weighted by Crippen LogP contribution is 2.27. The van der Waals surface area contributed by atoms with Gasteiger partial charge >= 0.3 is 5.97 Å². The zero-order valence-corrected chi connectivity index (χ0v) is 14.2. The Balaban J connectivity index is 1.92. The molecule has 0 atom stereocenters. The highest BCUT2D eigenvalue weighted by Gasteiger charge is 2.07. The number of ether oxygens (including phenoxy) is 2. The molecular weight excluding hydrogens is 314 g/mol. The number of hydrogen-bond donors (Lipinski definition) is 0. The minimum atomic E-state index is -0.325. The number of carbonyl (C=O) groups is 1. The first-order chi connectivity index (χ1) is 12.2. The van der Waals surface area contributed by atoms with Gasteiger partial charge in [0.2, 0.25) is 0 Å². The number of nitrogens with zero attached hydrogens (tertiary/aromatic N) is 1. The van der Waals surface area contributed by atoms with Gasteiger partial charge in [-0.1, -0.05) is 30.3 Å². The standard InChI is InChI=1S/C21H19NO3/c1-3-25-21(23)16-8-11-17(12-9-16)22-14-19-18-7-5-4-6-15(18)10-13-20(19)24-2/h4-14H,3H2,1-2H3. The Morgan fingerprint density at radius 1 is 1.04 bits per heavy atom. The van der Waals surface area contributed by atoms with Crippen molar-refractivity contribution in [3.05, 3.63) is 71.8 Å². The second kappa shape index (κ2) is 7.62. The first-order valence-electron chi connectivity index (χ1n) is 8.10. The first-order valence-corrected chi connectivity index (χ1v) is 8.10. The molecule has 3 aromatic rings. The van der Waals surface area contributed by atoms with Crippen LogP contribution >= 0.6 is 0 Å². The normalized spacial score (nSPS) is 11.0. The molecule has 0 aliphatic rings. The van der Waals surface area contributed by atoms with Gasteiger partial charge in [-0.05, 0) is 48.0 Å². The van der Waals surface area contributed by atoms with Crippen molar-refractivity contribution in [3.63, 3.8) is 0 Å². The van der Waals surface area contributed by atoms with Crippen LogP contribution in [0.1, 0.15) is 22.8 Å². The van der Waals surface area contributed by atoms with Crippen LogP contribution in [0.25, 0.3) is 10.8 Å². The van der Waals surface area contributed by atoms with E-state index in [1.165, 1.54) is 0 Å². The Hall–Kier alpha value is -3.14. The van der Waals surface area contributed by atoms with Gasteiger partial charge in [0, 0.05) is 11.8 Å². The Bertz CT molecular complexity index is 914. The van der Waals surface area contributed by atoms with Gasteiger partial charge in [0.1, 0.15) is 5.75 Å². The zero-order valence-electron chi connectivity index (χ0n) is 14.2. The fraction of sp³-hybridized carbons (Fsp3) is 0.143. The van der Waals surface area contributed by atoms with Crippen LogP contribution in [0.4, 0.5) is 5.69 Å². The van der Waals surface area contributed by atoms with Crippen molar-refractivity contribution < 1.29 is 14.3 Å². The lowest BCUT2D eigenvalue weighted by Gasteiger charge is -2.08. The lowest BCUT2D eigenvalue weighted by atomic mass is 10.0. The molecule has 3 aromatic carbocycles. The Morgan fingerprint density at radius 3 is 2.52 bits per heavy atom. The molecule has 4 heteroatoms. The van der Waals surface area contributed by atoms with Gasteiger partial charge in [-0.25, -0.2) is 4.79 Å². The molecule has 0 N–H and O–H groups in total. The van der Waals surface area contributed by atoms with Gasteiger partial charge in [-0.3, -0.25) is 4.99 Å².